The minimum absolute atomic E-state index is 0.359. The zero-order chi connectivity index (χ0) is 14.1. The van der Waals surface area contributed by atoms with Crippen LogP contribution >= 0.6 is 0 Å². The molecule has 1 N–H and O–H groups in total. The highest BCUT2D eigenvalue weighted by molar-refractivity contribution is 5.76. The third-order valence-electron chi connectivity index (χ3n) is 2.76. The van der Waals surface area contributed by atoms with Crippen LogP contribution in [0.15, 0.2) is 24.3 Å². The van der Waals surface area contributed by atoms with Crippen LogP contribution in [0.4, 0.5) is 4.39 Å². The molecule has 0 aliphatic rings. The fourth-order valence-electron chi connectivity index (χ4n) is 1.74. The van der Waals surface area contributed by atoms with Crippen LogP contribution in [0.3, 0.4) is 0 Å². The summed E-state index contributed by atoms with van der Waals surface area (Å²) in [6, 6.07) is 5.54. The normalized spacial score (nSPS) is 12.3. The van der Waals surface area contributed by atoms with Gasteiger partial charge in [-0.1, -0.05) is 12.1 Å². The Labute approximate surface area is 112 Å². The van der Waals surface area contributed by atoms with Gasteiger partial charge in [0.05, 0.1) is 5.92 Å². The van der Waals surface area contributed by atoms with Crippen molar-refractivity contribution in [2.75, 3.05) is 26.9 Å². The number of aliphatic carboxylic acids is 1. The third-order valence-corrected chi connectivity index (χ3v) is 2.76. The minimum Gasteiger partial charge on any atom is -0.481 e. The maximum Gasteiger partial charge on any atom is 0.311 e. The van der Waals surface area contributed by atoms with E-state index in [0.717, 1.165) is 6.42 Å². The number of carboxylic acid groups (broad SMARTS) is 1. The average molecular weight is 270 g/mol. The van der Waals surface area contributed by atoms with Gasteiger partial charge in [0.2, 0.25) is 0 Å². The van der Waals surface area contributed by atoms with E-state index in [0.29, 0.717) is 31.8 Å². The Hall–Kier alpha value is -1.46. The Morgan fingerprint density at radius 3 is 2.53 bits per heavy atom. The van der Waals surface area contributed by atoms with Gasteiger partial charge < -0.3 is 14.6 Å². The topological polar surface area (TPSA) is 55.8 Å². The van der Waals surface area contributed by atoms with Crippen LogP contribution in [0.2, 0.25) is 0 Å². The molecular weight excluding hydrogens is 251 g/mol. The Morgan fingerprint density at radius 1 is 1.26 bits per heavy atom. The van der Waals surface area contributed by atoms with E-state index in [9.17, 15) is 9.18 Å². The monoisotopic (exact) mass is 270 g/mol. The van der Waals surface area contributed by atoms with E-state index in [1.165, 1.54) is 24.3 Å². The first-order valence-electron chi connectivity index (χ1n) is 6.20. The molecule has 0 radical (unpaired) electrons. The molecule has 0 bridgehead atoms. The first-order valence-corrected chi connectivity index (χ1v) is 6.20. The molecule has 0 saturated heterocycles. The van der Waals surface area contributed by atoms with Gasteiger partial charge in [0, 0.05) is 26.9 Å². The van der Waals surface area contributed by atoms with Crippen molar-refractivity contribution in [1.29, 1.82) is 0 Å². The molecule has 0 amide bonds. The first-order chi connectivity index (χ1) is 9.15. The molecule has 1 unspecified atom stereocenters. The van der Waals surface area contributed by atoms with Crippen LogP contribution in [-0.4, -0.2) is 38.0 Å². The number of ether oxygens (including phenoxy) is 2. The molecule has 0 fully saturated rings. The Morgan fingerprint density at radius 2 is 1.95 bits per heavy atom. The van der Waals surface area contributed by atoms with Gasteiger partial charge in [-0.3, -0.25) is 4.79 Å². The Balaban J connectivity index is 2.41. The first kappa shape index (κ1) is 15.6. The number of rotatable bonds is 9. The maximum absolute atomic E-state index is 12.8. The molecule has 1 rings (SSSR count). The summed E-state index contributed by atoms with van der Waals surface area (Å²) in [5, 5.41) is 9.17. The highest BCUT2D eigenvalue weighted by Crippen LogP contribution is 2.20. The maximum atomic E-state index is 12.8. The summed E-state index contributed by atoms with van der Waals surface area (Å²) < 4.78 is 23.0. The predicted octanol–water partition coefficient (Wildman–Crippen LogP) is 2.44. The van der Waals surface area contributed by atoms with Crippen LogP contribution < -0.4 is 0 Å². The number of hydrogen-bond acceptors (Lipinski definition) is 3. The largest absolute Gasteiger partial charge is 0.481 e. The summed E-state index contributed by atoms with van der Waals surface area (Å²) in [6.45, 7) is 1.53. The van der Waals surface area contributed by atoms with Crippen molar-refractivity contribution in [1.82, 2.24) is 0 Å². The molecule has 1 aromatic rings. The Bertz CT molecular complexity index is 378. The van der Waals surface area contributed by atoms with Crippen LogP contribution in [-0.2, 0) is 14.3 Å². The van der Waals surface area contributed by atoms with Gasteiger partial charge in [0.15, 0.2) is 0 Å². The lowest BCUT2D eigenvalue weighted by molar-refractivity contribution is -0.139. The SMILES string of the molecule is COCCCOCCC(C(=O)O)c1ccc(F)cc1. The lowest BCUT2D eigenvalue weighted by Gasteiger charge is -2.13. The summed E-state index contributed by atoms with van der Waals surface area (Å²) in [5.41, 5.74) is 0.592. The quantitative estimate of drug-likeness (QED) is 0.700. The van der Waals surface area contributed by atoms with Crippen LogP contribution in [0, 0.1) is 5.82 Å². The van der Waals surface area contributed by atoms with E-state index in [4.69, 9.17) is 14.6 Å². The van der Waals surface area contributed by atoms with Gasteiger partial charge >= 0.3 is 5.97 Å². The van der Waals surface area contributed by atoms with Crippen molar-refractivity contribution >= 4 is 5.97 Å². The molecule has 19 heavy (non-hydrogen) atoms. The molecule has 106 valence electrons. The summed E-state index contributed by atoms with van der Waals surface area (Å²) in [4.78, 5) is 11.2. The van der Waals surface area contributed by atoms with Gasteiger partial charge in [-0.2, -0.15) is 0 Å². The second kappa shape index (κ2) is 8.61. The highest BCUT2D eigenvalue weighted by Gasteiger charge is 2.19. The summed E-state index contributed by atoms with van der Waals surface area (Å²) in [7, 11) is 1.62. The molecule has 1 aromatic carbocycles. The number of carbonyl (C=O) groups is 1. The Kier molecular flexibility index (Phi) is 7.07. The van der Waals surface area contributed by atoms with Crippen LogP contribution in [0.5, 0.6) is 0 Å². The lowest BCUT2D eigenvalue weighted by atomic mass is 9.96. The summed E-state index contributed by atoms with van der Waals surface area (Å²) in [5.74, 6) is -1.96. The molecule has 0 aromatic heterocycles. The smallest absolute Gasteiger partial charge is 0.311 e. The van der Waals surface area contributed by atoms with E-state index in [1.54, 1.807) is 7.11 Å². The van der Waals surface area contributed by atoms with Crippen molar-refractivity contribution in [2.45, 2.75) is 18.8 Å². The van der Waals surface area contributed by atoms with Gasteiger partial charge in [-0.15, -0.1) is 0 Å². The molecule has 0 saturated carbocycles. The molecule has 0 aliphatic heterocycles. The van der Waals surface area contributed by atoms with Crippen molar-refractivity contribution < 1.29 is 23.8 Å². The summed E-state index contributed by atoms with van der Waals surface area (Å²) >= 11 is 0. The molecule has 1 atom stereocenters. The van der Waals surface area contributed by atoms with Gasteiger partial charge in [-0.05, 0) is 30.5 Å². The van der Waals surface area contributed by atoms with Gasteiger partial charge in [0.1, 0.15) is 5.82 Å². The fraction of sp³-hybridized carbons (Fsp3) is 0.500. The van der Waals surface area contributed by atoms with E-state index in [-0.39, 0.29) is 5.82 Å². The number of carboxylic acids is 1. The van der Waals surface area contributed by atoms with E-state index in [2.05, 4.69) is 0 Å². The zero-order valence-corrected chi connectivity index (χ0v) is 11.0. The second-order valence-electron chi connectivity index (χ2n) is 4.19. The van der Waals surface area contributed by atoms with E-state index in [1.807, 2.05) is 0 Å². The molecule has 0 heterocycles. The van der Waals surface area contributed by atoms with Crippen molar-refractivity contribution in [2.24, 2.45) is 0 Å². The number of benzene rings is 1. The standard InChI is InChI=1S/C14H19FO4/c1-18-8-2-9-19-10-7-13(14(16)17)11-3-5-12(15)6-4-11/h3-6,13H,2,7-10H2,1H3,(H,16,17). The number of hydrogen-bond donors (Lipinski definition) is 1. The fourth-order valence-corrected chi connectivity index (χ4v) is 1.74. The molecule has 5 heteroatoms. The molecular formula is C14H19FO4. The zero-order valence-electron chi connectivity index (χ0n) is 11.0. The van der Waals surface area contributed by atoms with E-state index < -0.39 is 11.9 Å². The molecule has 0 aliphatic carbocycles. The predicted molar refractivity (Wildman–Crippen MR) is 68.7 cm³/mol. The molecule has 0 spiro atoms. The van der Waals surface area contributed by atoms with Crippen LogP contribution in [0.1, 0.15) is 24.3 Å². The van der Waals surface area contributed by atoms with Crippen molar-refractivity contribution in [3.05, 3.63) is 35.6 Å². The second-order valence-corrected chi connectivity index (χ2v) is 4.19. The van der Waals surface area contributed by atoms with Crippen LogP contribution in [0.25, 0.3) is 0 Å². The summed E-state index contributed by atoms with van der Waals surface area (Å²) in [6.07, 6.45) is 1.15. The highest BCUT2D eigenvalue weighted by atomic mass is 19.1. The van der Waals surface area contributed by atoms with Gasteiger partial charge in [0.25, 0.3) is 0 Å². The number of methoxy groups -OCH3 is 1. The van der Waals surface area contributed by atoms with E-state index >= 15 is 0 Å². The lowest BCUT2D eigenvalue weighted by Crippen LogP contribution is -2.14. The number of halogens is 1. The third kappa shape index (κ3) is 5.81. The van der Waals surface area contributed by atoms with Crippen molar-refractivity contribution in [3.8, 4) is 0 Å². The molecule has 4 nitrogen and oxygen atoms in total. The minimum atomic E-state index is -0.924. The van der Waals surface area contributed by atoms with Gasteiger partial charge in [-0.25, -0.2) is 4.39 Å². The van der Waals surface area contributed by atoms with Crippen molar-refractivity contribution in [3.63, 3.8) is 0 Å². The average Bonchev–Trinajstić information content (AvgIpc) is 2.39.